The number of carboxylic acid groups (broad SMARTS) is 2. The van der Waals surface area contributed by atoms with Crippen molar-refractivity contribution in [3.63, 3.8) is 0 Å². The van der Waals surface area contributed by atoms with Crippen LogP contribution in [0.4, 0.5) is 0 Å². The summed E-state index contributed by atoms with van der Waals surface area (Å²) in [7, 11) is 0. The molecular weight excluding hydrogens is 544 g/mol. The van der Waals surface area contributed by atoms with Crippen LogP contribution in [0.1, 0.15) is 37.7 Å². The molecule has 0 fully saturated rings. The van der Waals surface area contributed by atoms with Crippen molar-refractivity contribution in [1.29, 1.82) is 0 Å². The lowest BCUT2D eigenvalue weighted by molar-refractivity contribution is -0.143. The predicted molar refractivity (Wildman–Crippen MR) is 144 cm³/mol. The molecule has 0 spiro atoms. The van der Waals surface area contributed by atoms with Gasteiger partial charge in [0.1, 0.15) is 23.9 Å². The van der Waals surface area contributed by atoms with Crippen LogP contribution in [0, 0.1) is 0 Å². The van der Waals surface area contributed by atoms with E-state index >= 15 is 0 Å². The second-order valence-corrected chi connectivity index (χ2v) is 9.05. The minimum absolute atomic E-state index is 0.0370. The summed E-state index contributed by atoms with van der Waals surface area (Å²) in [5.74, 6) is -6.70. The quantitative estimate of drug-likeness (QED) is 0.0461. The molecule has 1 aromatic rings. The number of nitrogens with zero attached hydrogens (tertiary/aromatic N) is 1. The minimum atomic E-state index is -1.67. The molecule has 17 nitrogen and oxygen atoms in total. The van der Waals surface area contributed by atoms with Crippen molar-refractivity contribution in [2.75, 3.05) is 6.54 Å². The summed E-state index contributed by atoms with van der Waals surface area (Å²) < 4.78 is 0. The van der Waals surface area contributed by atoms with Crippen LogP contribution >= 0.6 is 0 Å². The number of benzene rings is 1. The van der Waals surface area contributed by atoms with E-state index in [1.54, 1.807) is 0 Å². The lowest BCUT2D eigenvalue weighted by Crippen LogP contribution is -2.57. The van der Waals surface area contributed by atoms with Crippen LogP contribution in [0.5, 0.6) is 5.75 Å². The van der Waals surface area contributed by atoms with E-state index in [0.717, 1.165) is 0 Å². The average molecular weight is 581 g/mol. The number of nitrogens with one attached hydrogen (secondary N) is 3. The topological polar surface area (TPSA) is 316 Å². The smallest absolute Gasteiger partial charge is 0.326 e. The number of carbonyl (C=O) groups excluding carboxylic acids is 4. The molecule has 4 amide bonds. The number of primary amides is 1. The summed E-state index contributed by atoms with van der Waals surface area (Å²) in [5.41, 5.74) is 21.8. The first-order valence-corrected chi connectivity index (χ1v) is 12.4. The minimum Gasteiger partial charge on any atom is -0.508 e. The van der Waals surface area contributed by atoms with Gasteiger partial charge in [-0.2, -0.15) is 0 Å². The Morgan fingerprint density at radius 3 is 1.90 bits per heavy atom. The number of aliphatic imine (C=N–C) groups is 1. The second-order valence-electron chi connectivity index (χ2n) is 9.05. The molecule has 14 N–H and O–H groups in total. The Hall–Kier alpha value is -4.93. The SMILES string of the molecule is NC(=O)CCC(N)C(=O)NC(CC(=O)O)C(=O)NC(CCCN=C(N)N)C(=O)NC(Cc1ccc(O)cc1)C(=O)O. The lowest BCUT2D eigenvalue weighted by atomic mass is 10.0. The maximum atomic E-state index is 13.1. The summed E-state index contributed by atoms with van der Waals surface area (Å²) in [4.78, 5) is 76.5. The highest BCUT2D eigenvalue weighted by Crippen LogP contribution is 2.12. The van der Waals surface area contributed by atoms with E-state index < -0.39 is 66.2 Å². The molecule has 1 aromatic carbocycles. The standard InChI is InChI=1S/C24H36N8O9/c25-14(7-8-18(26)34)20(37)31-16(11-19(35)36)22(39)30-15(2-1-9-29-24(27)28)21(38)32-17(23(40)41)10-12-3-5-13(33)6-4-12/h3-6,14-17,33H,1-2,7-11,25H2,(H2,26,34)(H,30,39)(H,31,37)(H,32,38)(H,35,36)(H,40,41)(H4,27,28,29). The molecule has 1 rings (SSSR count). The van der Waals surface area contributed by atoms with Crippen LogP contribution in [0.25, 0.3) is 0 Å². The molecule has 0 saturated heterocycles. The van der Waals surface area contributed by atoms with Crippen LogP contribution in [-0.4, -0.2) is 87.6 Å². The molecule has 226 valence electrons. The molecule has 0 bridgehead atoms. The van der Waals surface area contributed by atoms with Crippen molar-refractivity contribution < 1.29 is 44.1 Å². The van der Waals surface area contributed by atoms with E-state index in [2.05, 4.69) is 20.9 Å². The normalized spacial score (nSPS) is 13.5. The second kappa shape index (κ2) is 16.9. The van der Waals surface area contributed by atoms with Gasteiger partial charge in [0.2, 0.25) is 23.6 Å². The van der Waals surface area contributed by atoms with Gasteiger partial charge in [0, 0.05) is 19.4 Å². The molecule has 0 aliphatic heterocycles. The van der Waals surface area contributed by atoms with Gasteiger partial charge in [-0.25, -0.2) is 4.79 Å². The summed E-state index contributed by atoms with van der Waals surface area (Å²) >= 11 is 0. The zero-order valence-electron chi connectivity index (χ0n) is 22.1. The first-order chi connectivity index (χ1) is 19.2. The Kier molecular flexibility index (Phi) is 14.1. The maximum absolute atomic E-state index is 13.1. The van der Waals surface area contributed by atoms with E-state index in [0.29, 0.717) is 5.56 Å². The largest absolute Gasteiger partial charge is 0.508 e. The summed E-state index contributed by atoms with van der Waals surface area (Å²) in [6.07, 6.45) is -1.35. The zero-order valence-corrected chi connectivity index (χ0v) is 22.1. The van der Waals surface area contributed by atoms with Gasteiger partial charge < -0.3 is 54.2 Å². The number of aliphatic carboxylic acids is 2. The number of rotatable bonds is 18. The third kappa shape index (κ3) is 13.6. The third-order valence-corrected chi connectivity index (χ3v) is 5.62. The molecule has 0 aromatic heterocycles. The van der Waals surface area contributed by atoms with Gasteiger partial charge in [-0.3, -0.25) is 29.0 Å². The molecule has 4 atom stereocenters. The molecule has 0 radical (unpaired) electrons. The van der Waals surface area contributed by atoms with E-state index in [4.69, 9.17) is 22.9 Å². The summed E-state index contributed by atoms with van der Waals surface area (Å²) in [5, 5.41) is 35.2. The highest BCUT2D eigenvalue weighted by Gasteiger charge is 2.31. The van der Waals surface area contributed by atoms with Crippen molar-refractivity contribution in [2.24, 2.45) is 27.9 Å². The first-order valence-electron chi connectivity index (χ1n) is 12.4. The zero-order chi connectivity index (χ0) is 31.1. The number of phenols is 1. The fourth-order valence-electron chi connectivity index (χ4n) is 3.48. The number of phenolic OH excluding ortho intramolecular Hbond substituents is 1. The Balaban J connectivity index is 3.09. The Labute approximate surface area is 234 Å². The average Bonchev–Trinajstić information content (AvgIpc) is 2.88. The number of hydrogen-bond donors (Lipinski definition) is 10. The maximum Gasteiger partial charge on any atom is 0.326 e. The Morgan fingerprint density at radius 1 is 0.805 bits per heavy atom. The van der Waals surface area contributed by atoms with E-state index in [1.807, 2.05) is 0 Å². The lowest BCUT2D eigenvalue weighted by Gasteiger charge is -2.24. The molecule has 0 saturated carbocycles. The fraction of sp³-hybridized carbons (Fsp3) is 0.458. The highest BCUT2D eigenvalue weighted by molar-refractivity contribution is 5.95. The van der Waals surface area contributed by atoms with Crippen LogP contribution in [0.3, 0.4) is 0 Å². The fourth-order valence-corrected chi connectivity index (χ4v) is 3.48. The van der Waals surface area contributed by atoms with Crippen molar-refractivity contribution in [3.8, 4) is 5.75 Å². The van der Waals surface area contributed by atoms with Gasteiger partial charge in [-0.15, -0.1) is 0 Å². The van der Waals surface area contributed by atoms with Gasteiger partial charge in [-0.1, -0.05) is 12.1 Å². The molecule has 0 aliphatic rings. The van der Waals surface area contributed by atoms with Gasteiger partial charge in [0.15, 0.2) is 5.96 Å². The van der Waals surface area contributed by atoms with Crippen molar-refractivity contribution >= 4 is 41.5 Å². The molecular formula is C24H36N8O9. The summed E-state index contributed by atoms with van der Waals surface area (Å²) in [6, 6.07) is -0.115. The predicted octanol–water partition coefficient (Wildman–Crippen LogP) is -3.41. The monoisotopic (exact) mass is 580 g/mol. The Morgan fingerprint density at radius 2 is 1.37 bits per heavy atom. The van der Waals surface area contributed by atoms with Gasteiger partial charge in [0.05, 0.1) is 12.5 Å². The van der Waals surface area contributed by atoms with Crippen LogP contribution in [-0.2, 0) is 35.2 Å². The number of guanidine groups is 1. The van der Waals surface area contributed by atoms with E-state index in [9.17, 15) is 44.1 Å². The number of carboxylic acids is 2. The number of hydrogen-bond acceptors (Lipinski definition) is 9. The summed E-state index contributed by atoms with van der Waals surface area (Å²) in [6.45, 7) is 0.0574. The van der Waals surface area contributed by atoms with E-state index in [-0.39, 0.29) is 50.4 Å². The number of amides is 4. The Bertz CT molecular complexity index is 1120. The number of nitrogens with two attached hydrogens (primary N) is 4. The van der Waals surface area contributed by atoms with Crippen molar-refractivity contribution in [1.82, 2.24) is 16.0 Å². The molecule has 17 heteroatoms. The molecule has 0 heterocycles. The first kappa shape index (κ1) is 34.1. The van der Waals surface area contributed by atoms with Gasteiger partial charge in [-0.05, 0) is 37.0 Å². The number of carbonyl (C=O) groups is 6. The number of aromatic hydroxyl groups is 1. The van der Waals surface area contributed by atoms with Crippen molar-refractivity contribution in [2.45, 2.75) is 62.7 Å². The van der Waals surface area contributed by atoms with Crippen LogP contribution in [0.2, 0.25) is 0 Å². The van der Waals surface area contributed by atoms with Gasteiger partial charge >= 0.3 is 11.9 Å². The van der Waals surface area contributed by atoms with Crippen LogP contribution in [0.15, 0.2) is 29.3 Å². The van der Waals surface area contributed by atoms with Gasteiger partial charge in [0.25, 0.3) is 0 Å². The molecule has 41 heavy (non-hydrogen) atoms. The highest BCUT2D eigenvalue weighted by atomic mass is 16.4. The van der Waals surface area contributed by atoms with Crippen molar-refractivity contribution in [3.05, 3.63) is 29.8 Å². The molecule has 4 unspecified atom stereocenters. The third-order valence-electron chi connectivity index (χ3n) is 5.62. The van der Waals surface area contributed by atoms with Crippen LogP contribution < -0.4 is 38.9 Å². The van der Waals surface area contributed by atoms with E-state index in [1.165, 1.54) is 24.3 Å². The molecule has 0 aliphatic carbocycles.